The number of halogens is 2. The number of aromatic amines is 2. The summed E-state index contributed by atoms with van der Waals surface area (Å²) in [6, 6.07) is 5.93. The molecule has 0 aliphatic rings. The van der Waals surface area contributed by atoms with Crippen molar-refractivity contribution in [3.05, 3.63) is 45.1 Å². The van der Waals surface area contributed by atoms with Crippen LogP contribution in [0.3, 0.4) is 0 Å². The van der Waals surface area contributed by atoms with Crippen molar-refractivity contribution in [2.24, 2.45) is 0 Å². The maximum absolute atomic E-state index is 12.2. The van der Waals surface area contributed by atoms with Crippen LogP contribution in [0.2, 0.25) is 0 Å². The van der Waals surface area contributed by atoms with Crippen LogP contribution in [0.1, 0.15) is 0 Å². The number of carbonyl (C=O) groups excluding carboxylic acids is 1. The standard InChI is InChI=1S/C12H10F2N4O3S2/c13-11(14)23-7-3-1-6(2-4-7)15-8(19)5-22-10-9(20)16-12(21)18-17-10/h1-4,11H,5H2,(H,15,19)(H2,16,18,20,21). The molecule has 3 N–H and O–H groups in total. The topological polar surface area (TPSA) is 108 Å². The molecule has 23 heavy (non-hydrogen) atoms. The first-order valence-electron chi connectivity index (χ1n) is 6.10. The third-order valence-corrected chi connectivity index (χ3v) is 4.06. The van der Waals surface area contributed by atoms with Crippen LogP contribution in [0.5, 0.6) is 0 Å². The van der Waals surface area contributed by atoms with Gasteiger partial charge in [0.05, 0.1) is 5.75 Å². The van der Waals surface area contributed by atoms with Crippen LogP contribution >= 0.6 is 23.5 Å². The quantitative estimate of drug-likeness (QED) is 0.674. The highest BCUT2D eigenvalue weighted by Gasteiger charge is 2.09. The van der Waals surface area contributed by atoms with Gasteiger partial charge in [-0.15, -0.1) is 0 Å². The molecule has 0 aliphatic carbocycles. The number of H-pyrrole nitrogens is 2. The van der Waals surface area contributed by atoms with E-state index in [0.717, 1.165) is 11.8 Å². The van der Waals surface area contributed by atoms with Crippen molar-refractivity contribution in [1.82, 2.24) is 15.2 Å². The molecule has 2 aromatic rings. The van der Waals surface area contributed by atoms with Gasteiger partial charge in [0.25, 0.3) is 11.3 Å². The molecule has 0 unspecified atom stereocenters. The van der Waals surface area contributed by atoms with Gasteiger partial charge in [0.15, 0.2) is 5.03 Å². The van der Waals surface area contributed by atoms with Gasteiger partial charge >= 0.3 is 5.69 Å². The molecule has 0 atom stereocenters. The van der Waals surface area contributed by atoms with Gasteiger partial charge in [0, 0.05) is 10.6 Å². The Balaban J connectivity index is 1.89. The molecule has 0 aliphatic heterocycles. The lowest BCUT2D eigenvalue weighted by Crippen LogP contribution is -2.25. The fourth-order valence-electron chi connectivity index (χ4n) is 1.49. The average molecular weight is 360 g/mol. The Morgan fingerprint density at radius 2 is 1.96 bits per heavy atom. The molecule has 0 fully saturated rings. The molecule has 0 saturated carbocycles. The summed E-state index contributed by atoms with van der Waals surface area (Å²) in [6.45, 7) is 0. The molecule has 0 saturated heterocycles. The smallest absolute Gasteiger partial charge is 0.325 e. The Bertz CT molecular complexity index is 792. The van der Waals surface area contributed by atoms with Crippen LogP contribution in [-0.2, 0) is 4.79 Å². The minimum atomic E-state index is -2.50. The Morgan fingerprint density at radius 3 is 2.57 bits per heavy atom. The zero-order valence-corrected chi connectivity index (χ0v) is 13.0. The number of hydrogen-bond acceptors (Lipinski definition) is 6. The van der Waals surface area contributed by atoms with E-state index in [9.17, 15) is 23.2 Å². The second-order valence-corrected chi connectivity index (χ2v) is 6.08. The highest BCUT2D eigenvalue weighted by atomic mass is 32.2. The zero-order valence-electron chi connectivity index (χ0n) is 11.3. The molecule has 0 radical (unpaired) electrons. The molecular weight excluding hydrogens is 350 g/mol. The minimum Gasteiger partial charge on any atom is -0.325 e. The number of rotatable bonds is 6. The molecule has 7 nitrogen and oxygen atoms in total. The predicted molar refractivity (Wildman–Crippen MR) is 83.1 cm³/mol. The van der Waals surface area contributed by atoms with Crippen LogP contribution in [0.15, 0.2) is 43.8 Å². The van der Waals surface area contributed by atoms with E-state index in [0.29, 0.717) is 22.3 Å². The van der Waals surface area contributed by atoms with Gasteiger partial charge in [0.2, 0.25) is 5.91 Å². The van der Waals surface area contributed by atoms with E-state index in [-0.39, 0.29) is 10.8 Å². The molecule has 1 heterocycles. The average Bonchev–Trinajstić information content (AvgIpc) is 2.48. The van der Waals surface area contributed by atoms with Crippen LogP contribution in [0.25, 0.3) is 0 Å². The van der Waals surface area contributed by atoms with Crippen molar-refractivity contribution in [2.75, 3.05) is 11.1 Å². The van der Waals surface area contributed by atoms with Crippen molar-refractivity contribution in [2.45, 2.75) is 15.7 Å². The summed E-state index contributed by atoms with van der Waals surface area (Å²) in [7, 11) is 0. The molecule has 11 heteroatoms. The summed E-state index contributed by atoms with van der Waals surface area (Å²) < 4.78 is 24.4. The number of anilines is 1. The Kier molecular flexibility index (Phi) is 5.93. The second kappa shape index (κ2) is 7.92. The number of alkyl halides is 2. The first-order chi connectivity index (χ1) is 10.9. The summed E-state index contributed by atoms with van der Waals surface area (Å²) >= 11 is 1.27. The number of benzene rings is 1. The fraction of sp³-hybridized carbons (Fsp3) is 0.167. The monoisotopic (exact) mass is 360 g/mol. The molecule has 0 spiro atoms. The Morgan fingerprint density at radius 1 is 1.26 bits per heavy atom. The number of amides is 1. The Hall–Kier alpha value is -2.14. The van der Waals surface area contributed by atoms with Gasteiger partial charge in [0.1, 0.15) is 0 Å². The highest BCUT2D eigenvalue weighted by molar-refractivity contribution is 8.00. The number of carbonyl (C=O) groups is 1. The van der Waals surface area contributed by atoms with Crippen molar-refractivity contribution in [3.8, 4) is 0 Å². The van der Waals surface area contributed by atoms with E-state index in [1.165, 1.54) is 24.3 Å². The third-order valence-electron chi connectivity index (χ3n) is 2.38. The predicted octanol–water partition coefficient (Wildman–Crippen LogP) is 1.50. The van der Waals surface area contributed by atoms with Crippen molar-refractivity contribution >= 4 is 35.1 Å². The van der Waals surface area contributed by atoms with Gasteiger partial charge in [-0.05, 0) is 24.3 Å². The molecule has 0 bridgehead atoms. The van der Waals surface area contributed by atoms with E-state index in [1.807, 2.05) is 4.98 Å². The largest absolute Gasteiger partial charge is 0.342 e. The summed E-state index contributed by atoms with van der Waals surface area (Å²) in [6.07, 6.45) is 0. The van der Waals surface area contributed by atoms with Crippen LogP contribution < -0.4 is 16.6 Å². The van der Waals surface area contributed by atoms with Crippen molar-refractivity contribution in [1.29, 1.82) is 0 Å². The molecular formula is C12H10F2N4O3S2. The number of thioether (sulfide) groups is 2. The molecule has 122 valence electrons. The molecule has 2 rings (SSSR count). The maximum Gasteiger partial charge on any atom is 0.342 e. The highest BCUT2D eigenvalue weighted by Crippen LogP contribution is 2.26. The fourth-order valence-corrected chi connectivity index (χ4v) is 2.62. The molecule has 1 amide bonds. The van der Waals surface area contributed by atoms with E-state index in [1.54, 1.807) is 0 Å². The van der Waals surface area contributed by atoms with E-state index in [2.05, 4.69) is 15.5 Å². The summed E-state index contributed by atoms with van der Waals surface area (Å²) in [5, 5.41) is 8.10. The normalized spacial score (nSPS) is 10.7. The van der Waals surface area contributed by atoms with E-state index >= 15 is 0 Å². The SMILES string of the molecule is O=C(CSc1n[nH]c(=O)[nH]c1=O)Nc1ccc(SC(F)F)cc1. The number of hydrogen-bond donors (Lipinski definition) is 3. The lowest BCUT2D eigenvalue weighted by atomic mass is 10.3. The summed E-state index contributed by atoms with van der Waals surface area (Å²) in [4.78, 5) is 36.3. The van der Waals surface area contributed by atoms with Gasteiger partial charge in [-0.25, -0.2) is 9.89 Å². The van der Waals surface area contributed by atoms with Gasteiger partial charge in [-0.3, -0.25) is 14.6 Å². The zero-order chi connectivity index (χ0) is 16.8. The van der Waals surface area contributed by atoms with Gasteiger partial charge < -0.3 is 5.32 Å². The van der Waals surface area contributed by atoms with Crippen LogP contribution in [0, 0.1) is 0 Å². The Labute approximate surface area is 136 Å². The number of nitrogens with one attached hydrogen (secondary N) is 3. The van der Waals surface area contributed by atoms with Crippen molar-refractivity contribution < 1.29 is 13.6 Å². The lowest BCUT2D eigenvalue weighted by Gasteiger charge is -2.06. The summed E-state index contributed by atoms with van der Waals surface area (Å²) in [5.41, 5.74) is -0.969. The lowest BCUT2D eigenvalue weighted by molar-refractivity contribution is -0.113. The van der Waals surface area contributed by atoms with Crippen LogP contribution in [0.4, 0.5) is 14.5 Å². The van der Waals surface area contributed by atoms with Gasteiger partial charge in [-0.2, -0.15) is 13.9 Å². The second-order valence-electron chi connectivity index (χ2n) is 4.05. The minimum absolute atomic E-state index is 0.0385. The third kappa shape index (κ3) is 5.53. The van der Waals surface area contributed by atoms with Crippen LogP contribution in [-0.4, -0.2) is 32.6 Å². The maximum atomic E-state index is 12.2. The van der Waals surface area contributed by atoms with E-state index < -0.39 is 22.9 Å². The van der Waals surface area contributed by atoms with Gasteiger partial charge in [-0.1, -0.05) is 23.5 Å². The number of nitrogens with zero attached hydrogens (tertiary/aromatic N) is 1. The first kappa shape index (κ1) is 17.2. The number of aromatic nitrogens is 3. The molecule has 1 aromatic heterocycles. The summed E-state index contributed by atoms with van der Waals surface area (Å²) in [5.74, 6) is -3.01. The van der Waals surface area contributed by atoms with E-state index in [4.69, 9.17) is 0 Å². The molecule has 1 aromatic carbocycles. The first-order valence-corrected chi connectivity index (χ1v) is 7.97. The van der Waals surface area contributed by atoms with Crippen molar-refractivity contribution in [3.63, 3.8) is 0 Å².